The molecule has 2 bridgehead atoms. The van der Waals surface area contributed by atoms with Crippen molar-refractivity contribution < 1.29 is 4.79 Å². The molecule has 4 atom stereocenters. The molecule has 17 heavy (non-hydrogen) atoms. The van der Waals surface area contributed by atoms with Gasteiger partial charge >= 0.3 is 0 Å². The predicted molar refractivity (Wildman–Crippen MR) is 71.6 cm³/mol. The molecular weight excluding hydrogens is 349 g/mol. The van der Waals surface area contributed by atoms with E-state index in [1.54, 1.807) is 0 Å². The highest BCUT2D eigenvalue weighted by Gasteiger charge is 2.84. The molecule has 0 heterocycles. The van der Waals surface area contributed by atoms with Crippen LogP contribution >= 0.6 is 69.6 Å². The summed E-state index contributed by atoms with van der Waals surface area (Å²) in [7, 11) is 0. The maximum absolute atomic E-state index is 11.9. The van der Waals surface area contributed by atoms with Crippen LogP contribution < -0.4 is 0 Å². The van der Waals surface area contributed by atoms with E-state index in [1.807, 2.05) is 0 Å². The number of hydrogen-bond donors (Lipinski definition) is 0. The van der Waals surface area contributed by atoms with Gasteiger partial charge in [0.05, 0.1) is 10.1 Å². The minimum atomic E-state index is -1.57. The first-order valence-electron chi connectivity index (χ1n) is 5.05. The monoisotopic (exact) mass is 352 g/mol. The lowest BCUT2D eigenvalue weighted by molar-refractivity contribution is -0.121. The third kappa shape index (κ3) is 1.09. The van der Waals surface area contributed by atoms with Crippen LogP contribution in [0.3, 0.4) is 0 Å². The Morgan fingerprint density at radius 3 is 2.12 bits per heavy atom. The maximum atomic E-state index is 11.9. The van der Waals surface area contributed by atoms with Gasteiger partial charge in [0.15, 0.2) is 4.33 Å². The normalized spacial score (nSPS) is 51.3. The van der Waals surface area contributed by atoms with Crippen LogP contribution in [0.15, 0.2) is 10.1 Å². The molecule has 0 radical (unpaired) electrons. The number of halogens is 6. The van der Waals surface area contributed by atoms with E-state index in [0.717, 1.165) is 0 Å². The van der Waals surface area contributed by atoms with E-state index < -0.39 is 20.0 Å². The number of fused-ring (bicyclic) bond motifs is 5. The molecule has 0 aromatic heterocycles. The molecule has 0 N–H and O–H groups in total. The molecule has 0 amide bonds. The van der Waals surface area contributed by atoms with E-state index in [-0.39, 0.29) is 21.8 Å². The highest BCUT2D eigenvalue weighted by atomic mass is 35.5. The lowest BCUT2D eigenvalue weighted by Gasteiger charge is -2.33. The molecule has 0 saturated heterocycles. The highest BCUT2D eigenvalue weighted by Crippen LogP contribution is 2.78. The number of rotatable bonds is 0. The summed E-state index contributed by atoms with van der Waals surface area (Å²) in [5.41, 5.74) is 0. The number of carbonyl (C=O) groups excluding carboxylic acids is 1. The number of ketones is 1. The molecule has 0 spiro atoms. The van der Waals surface area contributed by atoms with Crippen molar-refractivity contribution in [3.05, 3.63) is 10.1 Å². The molecule has 3 rings (SSSR count). The van der Waals surface area contributed by atoms with Gasteiger partial charge in [0.2, 0.25) is 0 Å². The van der Waals surface area contributed by atoms with E-state index in [0.29, 0.717) is 12.8 Å². The second-order valence-electron chi connectivity index (χ2n) is 4.72. The number of Topliss-reactive ketones (excluding diaryl/α,β-unsaturated/α-hetero) is 1. The van der Waals surface area contributed by atoms with Crippen LogP contribution in [0.25, 0.3) is 0 Å². The maximum Gasteiger partial charge on any atom is 0.167 e. The summed E-state index contributed by atoms with van der Waals surface area (Å²) in [6.45, 7) is 0. The van der Waals surface area contributed by atoms with Crippen LogP contribution in [-0.2, 0) is 4.79 Å². The van der Waals surface area contributed by atoms with Crippen LogP contribution in [0.1, 0.15) is 12.8 Å². The van der Waals surface area contributed by atoms with Crippen molar-refractivity contribution in [2.24, 2.45) is 11.8 Å². The average Bonchev–Trinajstić information content (AvgIpc) is 2.73. The molecule has 7 heteroatoms. The van der Waals surface area contributed by atoms with Gasteiger partial charge in [-0.15, -0.1) is 23.2 Å². The molecule has 4 unspecified atom stereocenters. The summed E-state index contributed by atoms with van der Waals surface area (Å²) in [5, 5.41) is 0.286. The minimum absolute atomic E-state index is 0.000478. The fourth-order valence-corrected chi connectivity index (χ4v) is 6.43. The SMILES string of the molecule is O=C1CCC2C1C1(Cl)C(Cl)=C(Cl)C2(Cl)C1(Cl)Cl. The number of hydrogen-bond acceptors (Lipinski definition) is 1. The predicted octanol–water partition coefficient (Wildman–Crippen LogP) is 4.43. The largest absolute Gasteiger partial charge is 0.299 e. The lowest BCUT2D eigenvalue weighted by Crippen LogP contribution is -2.46. The first-order chi connectivity index (χ1) is 7.70. The zero-order valence-electron chi connectivity index (χ0n) is 8.24. The third-order valence-corrected chi connectivity index (χ3v) is 8.44. The minimum Gasteiger partial charge on any atom is -0.299 e. The summed E-state index contributed by atoms with van der Waals surface area (Å²) in [6, 6.07) is 0. The number of alkyl halides is 4. The Hall–Kier alpha value is 1.15. The topological polar surface area (TPSA) is 17.1 Å². The molecule has 3 aliphatic carbocycles. The zero-order valence-corrected chi connectivity index (χ0v) is 12.8. The Morgan fingerprint density at radius 2 is 1.53 bits per heavy atom. The summed E-state index contributed by atoms with van der Waals surface area (Å²) in [5.74, 6) is -0.800. The quantitative estimate of drug-likeness (QED) is 0.588. The lowest BCUT2D eigenvalue weighted by atomic mass is 9.84. The van der Waals surface area contributed by atoms with Crippen LogP contribution in [0.5, 0.6) is 0 Å². The van der Waals surface area contributed by atoms with E-state index in [1.165, 1.54) is 0 Å². The Kier molecular flexibility index (Phi) is 2.65. The third-order valence-electron chi connectivity index (χ3n) is 4.14. The first-order valence-corrected chi connectivity index (χ1v) is 7.32. The molecule has 0 aromatic rings. The van der Waals surface area contributed by atoms with E-state index >= 15 is 0 Å². The Balaban J connectivity index is 2.32. The first kappa shape index (κ1) is 13.1. The highest BCUT2D eigenvalue weighted by molar-refractivity contribution is 6.66. The van der Waals surface area contributed by atoms with Gasteiger partial charge in [-0.3, -0.25) is 4.79 Å². The standard InChI is InChI=1S/C10H6Cl6O/c11-6-7(12)9(14)5-3(1-2-4(5)17)8(6,13)10(9,15)16/h3,5H,1-2H2. The van der Waals surface area contributed by atoms with Gasteiger partial charge in [-0.05, 0) is 12.3 Å². The Morgan fingerprint density at radius 1 is 1.00 bits per heavy atom. The van der Waals surface area contributed by atoms with Crippen LogP contribution in [0.2, 0.25) is 0 Å². The van der Waals surface area contributed by atoms with Crippen LogP contribution in [0, 0.1) is 11.8 Å². The van der Waals surface area contributed by atoms with Gasteiger partial charge in [-0.25, -0.2) is 0 Å². The fraction of sp³-hybridized carbons (Fsp3) is 0.700. The van der Waals surface area contributed by atoms with Crippen molar-refractivity contribution in [1.82, 2.24) is 0 Å². The van der Waals surface area contributed by atoms with Crippen LogP contribution in [0.4, 0.5) is 0 Å². The van der Waals surface area contributed by atoms with Crippen molar-refractivity contribution >= 4 is 75.4 Å². The van der Waals surface area contributed by atoms with Gasteiger partial charge in [0.25, 0.3) is 0 Å². The van der Waals surface area contributed by atoms with Gasteiger partial charge in [0, 0.05) is 12.3 Å². The summed E-state index contributed by atoms with van der Waals surface area (Å²) >= 11 is 37.9. The van der Waals surface area contributed by atoms with E-state index in [9.17, 15) is 4.79 Å². The molecular formula is C10H6Cl6O. The van der Waals surface area contributed by atoms with Gasteiger partial charge < -0.3 is 0 Å². The molecule has 94 valence electrons. The van der Waals surface area contributed by atoms with Gasteiger partial charge in [-0.1, -0.05) is 46.4 Å². The van der Waals surface area contributed by atoms with E-state index in [2.05, 4.69) is 0 Å². The fourth-order valence-electron chi connectivity index (χ4n) is 3.36. The zero-order chi connectivity index (χ0) is 12.8. The number of carbonyl (C=O) groups is 1. The second-order valence-corrected chi connectivity index (χ2v) is 7.99. The molecule has 2 fully saturated rings. The average molecular weight is 355 g/mol. The summed E-state index contributed by atoms with van der Waals surface area (Å²) in [6.07, 6.45) is 1.000. The molecule has 0 aromatic carbocycles. The van der Waals surface area contributed by atoms with E-state index in [4.69, 9.17) is 69.6 Å². The van der Waals surface area contributed by atoms with Gasteiger partial charge in [-0.2, -0.15) is 0 Å². The second kappa shape index (κ2) is 3.42. The summed E-state index contributed by atoms with van der Waals surface area (Å²) in [4.78, 5) is 9.30. The van der Waals surface area contributed by atoms with Crippen molar-refractivity contribution in [2.75, 3.05) is 0 Å². The Labute approximate surface area is 128 Å². The smallest absolute Gasteiger partial charge is 0.167 e. The molecule has 1 nitrogen and oxygen atoms in total. The Bertz CT molecular complexity index is 471. The summed E-state index contributed by atoms with van der Waals surface area (Å²) < 4.78 is -1.57. The van der Waals surface area contributed by atoms with Crippen molar-refractivity contribution in [3.8, 4) is 0 Å². The molecule has 0 aliphatic heterocycles. The van der Waals surface area contributed by atoms with Crippen molar-refractivity contribution in [3.63, 3.8) is 0 Å². The van der Waals surface area contributed by atoms with Crippen molar-refractivity contribution in [1.29, 1.82) is 0 Å². The van der Waals surface area contributed by atoms with Gasteiger partial charge in [0.1, 0.15) is 15.5 Å². The molecule has 2 saturated carbocycles. The van der Waals surface area contributed by atoms with Crippen LogP contribution in [-0.4, -0.2) is 19.9 Å². The molecule has 3 aliphatic rings. The number of allylic oxidation sites excluding steroid dienone is 2. The van der Waals surface area contributed by atoms with Crippen molar-refractivity contribution in [2.45, 2.75) is 26.9 Å².